The molecule has 174 valence electrons. The van der Waals surface area contributed by atoms with E-state index in [-0.39, 0.29) is 12.5 Å². The van der Waals surface area contributed by atoms with Crippen molar-refractivity contribution in [2.75, 3.05) is 29.9 Å². The van der Waals surface area contributed by atoms with Gasteiger partial charge in [0.05, 0.1) is 29.8 Å². The summed E-state index contributed by atoms with van der Waals surface area (Å²) >= 11 is 0. The van der Waals surface area contributed by atoms with Gasteiger partial charge < -0.3 is 25.2 Å². The number of aliphatic hydroxyl groups excluding tert-OH is 1. The van der Waals surface area contributed by atoms with Gasteiger partial charge in [-0.3, -0.25) is 4.79 Å². The lowest BCUT2D eigenvalue weighted by atomic mass is 9.98. The van der Waals surface area contributed by atoms with E-state index in [2.05, 4.69) is 20.3 Å². The Hall–Kier alpha value is -3.17. The normalized spacial score (nSPS) is 24.9. The van der Waals surface area contributed by atoms with Crippen molar-refractivity contribution in [1.82, 2.24) is 14.6 Å². The van der Waals surface area contributed by atoms with Crippen LogP contribution >= 0.6 is 0 Å². The fourth-order valence-electron chi connectivity index (χ4n) is 4.68. The maximum absolute atomic E-state index is 13.2. The van der Waals surface area contributed by atoms with Crippen LogP contribution in [0.4, 0.5) is 11.4 Å². The molecular weight excluding hydrogens is 422 g/mol. The van der Waals surface area contributed by atoms with Crippen LogP contribution in [0.25, 0.3) is 5.65 Å². The van der Waals surface area contributed by atoms with E-state index in [0.29, 0.717) is 42.0 Å². The van der Waals surface area contributed by atoms with Gasteiger partial charge in [0, 0.05) is 43.5 Å². The molecule has 2 atom stereocenters. The molecular formula is C24H29N5O4. The van der Waals surface area contributed by atoms with E-state index >= 15 is 0 Å². The molecule has 0 spiro atoms. The first-order valence-corrected chi connectivity index (χ1v) is 11.3. The average molecular weight is 452 g/mol. The highest BCUT2D eigenvalue weighted by Gasteiger charge is 2.36. The lowest BCUT2D eigenvalue weighted by Crippen LogP contribution is -2.34. The first-order valence-electron chi connectivity index (χ1n) is 11.3. The summed E-state index contributed by atoms with van der Waals surface area (Å²) in [6.45, 7) is 5.06. The Kier molecular flexibility index (Phi) is 5.25. The first kappa shape index (κ1) is 21.7. The Labute approximate surface area is 192 Å². The summed E-state index contributed by atoms with van der Waals surface area (Å²) in [5, 5.41) is 27.6. The Bertz CT molecular complexity index is 1210. The number of hydrogen-bond donors (Lipinski definition) is 3. The van der Waals surface area contributed by atoms with E-state index in [1.165, 1.54) is 6.20 Å². The van der Waals surface area contributed by atoms with Gasteiger partial charge in [-0.1, -0.05) is 0 Å². The molecule has 9 heteroatoms. The smallest absolute Gasteiger partial charge is 0.261 e. The third-order valence-electron chi connectivity index (χ3n) is 6.61. The Morgan fingerprint density at radius 1 is 1.27 bits per heavy atom. The van der Waals surface area contributed by atoms with E-state index in [1.807, 2.05) is 26.0 Å². The first-order chi connectivity index (χ1) is 15.8. The van der Waals surface area contributed by atoms with Crippen molar-refractivity contribution in [2.24, 2.45) is 0 Å². The van der Waals surface area contributed by atoms with Gasteiger partial charge in [0.25, 0.3) is 5.91 Å². The number of anilines is 2. The third-order valence-corrected chi connectivity index (χ3v) is 6.61. The predicted molar refractivity (Wildman–Crippen MR) is 124 cm³/mol. The third kappa shape index (κ3) is 4.14. The summed E-state index contributed by atoms with van der Waals surface area (Å²) in [5.41, 5.74) is 1.93. The molecule has 0 aliphatic carbocycles. The molecule has 5 rings (SSSR count). The number of ether oxygens (including phenoxy) is 1. The number of benzene rings is 1. The van der Waals surface area contributed by atoms with Crippen molar-refractivity contribution < 1.29 is 19.7 Å². The average Bonchev–Trinajstić information content (AvgIpc) is 3.30. The predicted octanol–water partition coefficient (Wildman–Crippen LogP) is 2.41. The fraction of sp³-hybridized carbons (Fsp3) is 0.458. The van der Waals surface area contributed by atoms with E-state index in [9.17, 15) is 15.0 Å². The molecule has 1 saturated heterocycles. The van der Waals surface area contributed by atoms with E-state index < -0.39 is 11.2 Å². The zero-order valence-electron chi connectivity index (χ0n) is 18.9. The number of nitrogens with one attached hydrogen (secondary N) is 1. The number of aromatic nitrogens is 3. The summed E-state index contributed by atoms with van der Waals surface area (Å²) < 4.78 is 7.64. The summed E-state index contributed by atoms with van der Waals surface area (Å²) in [7, 11) is 0. The van der Waals surface area contributed by atoms with Crippen LogP contribution < -0.4 is 15.0 Å². The SMILES string of the molecule is C[C@]1(O)CCCN(c2cc3c(cc2NC(=O)c2cnn4cccnc24)C[C@@](C)(CO)O3)CC1. The summed E-state index contributed by atoms with van der Waals surface area (Å²) in [4.78, 5) is 19.7. The van der Waals surface area contributed by atoms with Gasteiger partial charge in [0.15, 0.2) is 5.65 Å². The highest BCUT2D eigenvalue weighted by molar-refractivity contribution is 6.09. The molecule has 33 heavy (non-hydrogen) atoms. The molecule has 1 amide bonds. The van der Waals surface area contributed by atoms with Gasteiger partial charge in [0.1, 0.15) is 16.9 Å². The number of rotatable bonds is 4. The molecule has 0 saturated carbocycles. The molecule has 3 N–H and O–H groups in total. The molecule has 4 heterocycles. The van der Waals surface area contributed by atoms with Crippen molar-refractivity contribution in [3.05, 3.63) is 47.9 Å². The number of hydrogen-bond acceptors (Lipinski definition) is 7. The lowest BCUT2D eigenvalue weighted by molar-refractivity contribution is 0.0447. The summed E-state index contributed by atoms with van der Waals surface area (Å²) in [5.74, 6) is 0.420. The molecule has 3 aromatic rings. The fourth-order valence-corrected chi connectivity index (χ4v) is 4.68. The zero-order chi connectivity index (χ0) is 23.2. The van der Waals surface area contributed by atoms with Crippen LogP contribution in [0.1, 0.15) is 49.0 Å². The molecule has 9 nitrogen and oxygen atoms in total. The minimum atomic E-state index is -0.705. The van der Waals surface area contributed by atoms with Crippen molar-refractivity contribution >= 4 is 22.9 Å². The maximum Gasteiger partial charge on any atom is 0.261 e. The van der Waals surface area contributed by atoms with Crippen LogP contribution in [-0.2, 0) is 6.42 Å². The standard InChI is InChI=1S/C24H29N5O4/c1-23(32)5-3-8-28(10-6-23)19-12-20-16(13-24(2,15-30)33-20)11-18(19)27-22(31)17-14-26-29-9-4-7-25-21(17)29/h4,7,9,11-12,14,30,32H,3,5-6,8,10,13,15H2,1-2H3,(H,27,31)/t23-,24-/m0/s1. The minimum Gasteiger partial charge on any atom is -0.484 e. The zero-order valence-corrected chi connectivity index (χ0v) is 18.9. The number of fused-ring (bicyclic) bond motifs is 2. The number of carbonyl (C=O) groups excluding carboxylic acids is 1. The van der Waals surface area contributed by atoms with Crippen LogP contribution in [0, 0.1) is 0 Å². The second kappa shape index (κ2) is 8.00. The minimum absolute atomic E-state index is 0.0979. The highest BCUT2D eigenvalue weighted by atomic mass is 16.5. The van der Waals surface area contributed by atoms with Crippen molar-refractivity contribution in [2.45, 2.75) is 50.7 Å². The molecule has 1 aromatic carbocycles. The summed E-state index contributed by atoms with van der Waals surface area (Å²) in [6, 6.07) is 5.64. The Morgan fingerprint density at radius 3 is 2.94 bits per heavy atom. The van der Waals surface area contributed by atoms with Gasteiger partial charge in [0.2, 0.25) is 0 Å². The topological polar surface area (TPSA) is 112 Å². The number of nitrogens with zero attached hydrogens (tertiary/aromatic N) is 4. The quantitative estimate of drug-likeness (QED) is 0.558. The highest BCUT2D eigenvalue weighted by Crippen LogP contribution is 2.42. The summed E-state index contributed by atoms with van der Waals surface area (Å²) in [6.07, 6.45) is 7.63. The second-order valence-corrected chi connectivity index (χ2v) is 9.60. The number of amides is 1. The van der Waals surface area contributed by atoms with Crippen molar-refractivity contribution in [3.8, 4) is 5.75 Å². The van der Waals surface area contributed by atoms with Gasteiger partial charge in [-0.05, 0) is 45.2 Å². The Morgan fingerprint density at radius 2 is 2.12 bits per heavy atom. The van der Waals surface area contributed by atoms with Gasteiger partial charge in [-0.2, -0.15) is 5.10 Å². The van der Waals surface area contributed by atoms with Crippen LogP contribution in [0.15, 0.2) is 36.8 Å². The molecule has 2 aromatic heterocycles. The Balaban J connectivity index is 1.51. The van der Waals surface area contributed by atoms with E-state index in [0.717, 1.165) is 30.6 Å². The van der Waals surface area contributed by atoms with Crippen LogP contribution in [0.2, 0.25) is 0 Å². The van der Waals surface area contributed by atoms with E-state index in [4.69, 9.17) is 4.74 Å². The largest absolute Gasteiger partial charge is 0.484 e. The van der Waals surface area contributed by atoms with Gasteiger partial charge in [-0.25, -0.2) is 9.50 Å². The molecule has 1 fully saturated rings. The molecule has 0 unspecified atom stereocenters. The van der Waals surface area contributed by atoms with Crippen molar-refractivity contribution in [3.63, 3.8) is 0 Å². The molecule has 0 bridgehead atoms. The van der Waals surface area contributed by atoms with Crippen LogP contribution in [0.5, 0.6) is 5.75 Å². The maximum atomic E-state index is 13.2. The number of aliphatic hydroxyl groups is 2. The monoisotopic (exact) mass is 451 g/mol. The van der Waals surface area contributed by atoms with Crippen LogP contribution in [0.3, 0.4) is 0 Å². The van der Waals surface area contributed by atoms with Crippen molar-refractivity contribution in [1.29, 1.82) is 0 Å². The number of carbonyl (C=O) groups is 1. The second-order valence-electron chi connectivity index (χ2n) is 9.60. The lowest BCUT2D eigenvalue weighted by Gasteiger charge is -2.27. The van der Waals surface area contributed by atoms with Gasteiger partial charge in [-0.15, -0.1) is 0 Å². The molecule has 0 radical (unpaired) electrons. The molecule has 2 aliphatic rings. The van der Waals surface area contributed by atoms with Crippen LogP contribution in [-0.4, -0.2) is 61.6 Å². The van der Waals surface area contributed by atoms with Gasteiger partial charge >= 0.3 is 0 Å². The van der Waals surface area contributed by atoms with E-state index in [1.54, 1.807) is 23.0 Å². The molecule has 2 aliphatic heterocycles.